The van der Waals surface area contributed by atoms with Crippen molar-refractivity contribution >= 4 is 11.0 Å². The molecule has 2 N–H and O–H groups in total. The second-order valence-electron chi connectivity index (χ2n) is 3.96. The van der Waals surface area contributed by atoms with E-state index in [-0.39, 0.29) is 5.75 Å². The lowest BCUT2D eigenvalue weighted by Crippen LogP contribution is -1.97. The van der Waals surface area contributed by atoms with E-state index in [1.54, 1.807) is 18.2 Å². The molecule has 0 spiro atoms. The Kier molecular flexibility index (Phi) is 2.61. The lowest BCUT2D eigenvalue weighted by atomic mass is 10.3. The number of ether oxygens (including phenoxy) is 1. The summed E-state index contributed by atoms with van der Waals surface area (Å²) in [5.41, 5.74) is 1.89. The van der Waals surface area contributed by atoms with Crippen LogP contribution in [0.4, 0.5) is 0 Å². The summed E-state index contributed by atoms with van der Waals surface area (Å²) < 4.78 is 5.51. The number of phenols is 1. The summed E-state index contributed by atoms with van der Waals surface area (Å²) in [7, 11) is 0. The van der Waals surface area contributed by atoms with Crippen LogP contribution in [0.3, 0.4) is 0 Å². The molecule has 1 heterocycles. The highest BCUT2D eigenvalue weighted by molar-refractivity contribution is 5.74. The molecule has 0 amide bonds. The molecule has 0 radical (unpaired) electrons. The van der Waals surface area contributed by atoms with Gasteiger partial charge in [0, 0.05) is 0 Å². The minimum absolute atomic E-state index is 0.133. The molecule has 90 valence electrons. The number of rotatable bonds is 3. The summed E-state index contributed by atoms with van der Waals surface area (Å²) in [5, 5.41) is 9.57. The highest BCUT2D eigenvalue weighted by Gasteiger charge is 2.04. The van der Waals surface area contributed by atoms with Crippen molar-refractivity contribution in [1.82, 2.24) is 9.97 Å². The molecule has 2 aromatic carbocycles. The summed E-state index contributed by atoms with van der Waals surface area (Å²) in [5.74, 6) is 1.33. The second kappa shape index (κ2) is 4.41. The third-order valence-electron chi connectivity index (χ3n) is 2.67. The Balaban J connectivity index is 1.79. The van der Waals surface area contributed by atoms with Crippen LogP contribution in [0, 0.1) is 0 Å². The van der Waals surface area contributed by atoms with E-state index in [0.29, 0.717) is 12.4 Å². The van der Waals surface area contributed by atoms with Gasteiger partial charge in [0.05, 0.1) is 11.0 Å². The zero-order chi connectivity index (χ0) is 12.4. The summed E-state index contributed by atoms with van der Waals surface area (Å²) in [4.78, 5) is 7.56. The minimum atomic E-state index is 0.133. The van der Waals surface area contributed by atoms with Gasteiger partial charge in [0.15, 0.2) is 11.5 Å². The Morgan fingerprint density at radius 3 is 2.67 bits per heavy atom. The van der Waals surface area contributed by atoms with Gasteiger partial charge in [-0.3, -0.25) is 0 Å². The van der Waals surface area contributed by atoms with Crippen LogP contribution < -0.4 is 4.74 Å². The van der Waals surface area contributed by atoms with Crippen molar-refractivity contribution in [2.45, 2.75) is 6.61 Å². The number of nitrogens with one attached hydrogen (secondary N) is 1. The maximum atomic E-state index is 9.57. The van der Waals surface area contributed by atoms with E-state index < -0.39 is 0 Å². The predicted octanol–water partition coefficient (Wildman–Crippen LogP) is 2.85. The first-order valence-electron chi connectivity index (χ1n) is 5.67. The highest BCUT2D eigenvalue weighted by Crippen LogP contribution is 2.25. The van der Waals surface area contributed by atoms with Crippen LogP contribution in [0.2, 0.25) is 0 Å². The van der Waals surface area contributed by atoms with E-state index >= 15 is 0 Å². The molecule has 3 aromatic rings. The maximum Gasteiger partial charge on any atom is 0.161 e. The number of aromatic hydroxyl groups is 1. The highest BCUT2D eigenvalue weighted by atomic mass is 16.5. The van der Waals surface area contributed by atoms with E-state index in [4.69, 9.17) is 4.74 Å². The minimum Gasteiger partial charge on any atom is -0.504 e. The van der Waals surface area contributed by atoms with E-state index in [2.05, 4.69) is 9.97 Å². The van der Waals surface area contributed by atoms with Crippen LogP contribution in [-0.4, -0.2) is 15.1 Å². The van der Waals surface area contributed by atoms with E-state index in [1.165, 1.54) is 0 Å². The molecule has 18 heavy (non-hydrogen) atoms. The number of benzene rings is 2. The largest absolute Gasteiger partial charge is 0.504 e. The summed E-state index contributed by atoms with van der Waals surface area (Å²) >= 11 is 0. The molecule has 4 nitrogen and oxygen atoms in total. The van der Waals surface area contributed by atoms with Gasteiger partial charge in [0.25, 0.3) is 0 Å². The lowest BCUT2D eigenvalue weighted by Gasteiger charge is -2.05. The number of phenolic OH excluding ortho intramolecular Hbond substituents is 1. The fourth-order valence-electron chi connectivity index (χ4n) is 1.80. The monoisotopic (exact) mass is 240 g/mol. The van der Waals surface area contributed by atoms with Crippen molar-refractivity contribution in [3.63, 3.8) is 0 Å². The van der Waals surface area contributed by atoms with Gasteiger partial charge >= 0.3 is 0 Å². The van der Waals surface area contributed by atoms with Gasteiger partial charge in [0.1, 0.15) is 12.4 Å². The van der Waals surface area contributed by atoms with Gasteiger partial charge in [-0.1, -0.05) is 24.3 Å². The number of aromatic nitrogens is 2. The van der Waals surface area contributed by atoms with E-state index in [9.17, 15) is 5.11 Å². The van der Waals surface area contributed by atoms with Crippen LogP contribution in [0.15, 0.2) is 48.5 Å². The molecule has 0 aliphatic carbocycles. The first-order chi connectivity index (χ1) is 8.83. The van der Waals surface area contributed by atoms with E-state index in [0.717, 1.165) is 16.9 Å². The molecule has 4 heteroatoms. The Bertz CT molecular complexity index is 643. The standard InChI is InChI=1S/C14H12N2O2/c17-12-7-3-4-8-13(12)18-9-14-15-10-5-1-2-6-11(10)16-14/h1-8,17H,9H2,(H,15,16). The lowest BCUT2D eigenvalue weighted by molar-refractivity contribution is 0.281. The summed E-state index contributed by atoms with van der Waals surface area (Å²) in [6, 6.07) is 14.7. The number of para-hydroxylation sites is 4. The topological polar surface area (TPSA) is 58.1 Å². The fraction of sp³-hybridized carbons (Fsp3) is 0.0714. The molecule has 0 aliphatic heterocycles. The molecule has 0 saturated heterocycles. The predicted molar refractivity (Wildman–Crippen MR) is 68.5 cm³/mol. The van der Waals surface area contributed by atoms with Crippen molar-refractivity contribution in [3.05, 3.63) is 54.4 Å². The van der Waals surface area contributed by atoms with Crippen LogP contribution >= 0.6 is 0 Å². The smallest absolute Gasteiger partial charge is 0.161 e. The Labute approximate surface area is 104 Å². The molecule has 0 bridgehead atoms. The van der Waals surface area contributed by atoms with Crippen molar-refractivity contribution in [1.29, 1.82) is 0 Å². The third kappa shape index (κ3) is 2.00. The van der Waals surface area contributed by atoms with Crippen LogP contribution in [0.1, 0.15) is 5.82 Å². The van der Waals surface area contributed by atoms with Crippen molar-refractivity contribution in [3.8, 4) is 11.5 Å². The van der Waals surface area contributed by atoms with Gasteiger partial charge in [-0.2, -0.15) is 0 Å². The number of aromatic amines is 1. The second-order valence-corrected chi connectivity index (χ2v) is 3.96. The Morgan fingerprint density at radius 2 is 1.83 bits per heavy atom. The Hall–Kier alpha value is -2.49. The van der Waals surface area contributed by atoms with Crippen molar-refractivity contribution in [2.24, 2.45) is 0 Å². The molecular weight excluding hydrogens is 228 g/mol. The van der Waals surface area contributed by atoms with Gasteiger partial charge < -0.3 is 14.8 Å². The number of imidazole rings is 1. The molecule has 0 unspecified atom stereocenters. The number of hydrogen-bond donors (Lipinski definition) is 2. The average Bonchev–Trinajstić information content (AvgIpc) is 2.80. The average molecular weight is 240 g/mol. The normalized spacial score (nSPS) is 10.7. The first-order valence-corrected chi connectivity index (χ1v) is 5.67. The van der Waals surface area contributed by atoms with Gasteiger partial charge in [-0.25, -0.2) is 4.98 Å². The SMILES string of the molecule is Oc1ccccc1OCc1nc2ccccc2[nH]1. The van der Waals surface area contributed by atoms with Crippen LogP contribution in [-0.2, 0) is 6.61 Å². The molecule has 3 rings (SSSR count). The zero-order valence-electron chi connectivity index (χ0n) is 9.63. The van der Waals surface area contributed by atoms with Crippen LogP contribution in [0.5, 0.6) is 11.5 Å². The third-order valence-corrected chi connectivity index (χ3v) is 2.67. The maximum absolute atomic E-state index is 9.57. The Morgan fingerprint density at radius 1 is 1.06 bits per heavy atom. The molecular formula is C14H12N2O2. The summed E-state index contributed by atoms with van der Waals surface area (Å²) in [6.07, 6.45) is 0. The fourth-order valence-corrected chi connectivity index (χ4v) is 1.80. The number of fused-ring (bicyclic) bond motifs is 1. The zero-order valence-corrected chi connectivity index (χ0v) is 9.63. The molecule has 0 fully saturated rings. The van der Waals surface area contributed by atoms with Gasteiger partial charge in [0.2, 0.25) is 0 Å². The van der Waals surface area contributed by atoms with Crippen LogP contribution in [0.25, 0.3) is 11.0 Å². The molecule has 1 aromatic heterocycles. The number of H-pyrrole nitrogens is 1. The number of nitrogens with zero attached hydrogens (tertiary/aromatic N) is 1. The van der Waals surface area contributed by atoms with Crippen molar-refractivity contribution < 1.29 is 9.84 Å². The van der Waals surface area contributed by atoms with Crippen molar-refractivity contribution in [2.75, 3.05) is 0 Å². The van der Waals surface area contributed by atoms with E-state index in [1.807, 2.05) is 30.3 Å². The molecule has 0 saturated carbocycles. The molecule has 0 aliphatic rings. The first kappa shape index (κ1) is 10.7. The molecule has 0 atom stereocenters. The summed E-state index contributed by atoms with van der Waals surface area (Å²) in [6.45, 7) is 0.298. The number of hydrogen-bond acceptors (Lipinski definition) is 3. The quantitative estimate of drug-likeness (QED) is 0.740. The van der Waals surface area contributed by atoms with Gasteiger partial charge in [-0.15, -0.1) is 0 Å². The van der Waals surface area contributed by atoms with Gasteiger partial charge in [-0.05, 0) is 24.3 Å².